The maximum Gasteiger partial charge on any atom is 0.290 e. The van der Waals surface area contributed by atoms with Crippen LogP contribution in [0, 0.1) is 10.4 Å². The molecule has 2 N–H and O–H groups in total. The first-order valence-electron chi connectivity index (χ1n) is 8.35. The van der Waals surface area contributed by atoms with Crippen molar-refractivity contribution < 1.29 is 9.69 Å². The molecule has 11 heteroatoms. The SMILES string of the molecule is CNCCNc1nc2ccccc2[n+]([O-])n1.[O-][n+]1nc(Cl)nc2ccccc21. The van der Waals surface area contributed by atoms with Crippen molar-refractivity contribution in [2.75, 3.05) is 25.5 Å². The van der Waals surface area contributed by atoms with Crippen LogP contribution in [-0.4, -0.2) is 40.3 Å². The minimum atomic E-state index is -0.0382. The highest BCUT2D eigenvalue weighted by molar-refractivity contribution is 6.28. The molecule has 0 radical (unpaired) electrons. The van der Waals surface area contributed by atoms with Crippen LogP contribution in [0.15, 0.2) is 48.5 Å². The normalized spacial score (nSPS) is 10.5. The Balaban J connectivity index is 0.000000167. The lowest BCUT2D eigenvalue weighted by Crippen LogP contribution is -2.34. The molecule has 4 rings (SSSR count). The van der Waals surface area contributed by atoms with Gasteiger partial charge in [0.15, 0.2) is 0 Å². The molecule has 0 unspecified atom stereocenters. The molecule has 10 nitrogen and oxygen atoms in total. The molecule has 0 bridgehead atoms. The Hall–Kier alpha value is -3.37. The van der Waals surface area contributed by atoms with E-state index in [1.54, 1.807) is 42.5 Å². The van der Waals surface area contributed by atoms with Crippen LogP contribution < -0.4 is 20.3 Å². The molecular weight excluding hydrogens is 384 g/mol. The van der Waals surface area contributed by atoms with E-state index in [4.69, 9.17) is 11.6 Å². The zero-order valence-corrected chi connectivity index (χ0v) is 15.7. The van der Waals surface area contributed by atoms with Crippen LogP contribution in [0.25, 0.3) is 22.1 Å². The number of aromatic nitrogens is 6. The van der Waals surface area contributed by atoms with E-state index in [2.05, 4.69) is 30.8 Å². The maximum absolute atomic E-state index is 11.5. The third-order valence-electron chi connectivity index (χ3n) is 3.63. The first kappa shape index (κ1) is 19.4. The Morgan fingerprint density at radius 2 is 1.43 bits per heavy atom. The lowest BCUT2D eigenvalue weighted by atomic mass is 10.3. The molecule has 28 heavy (non-hydrogen) atoms. The van der Waals surface area contributed by atoms with Crippen molar-refractivity contribution >= 4 is 39.6 Å². The molecule has 0 fully saturated rings. The summed E-state index contributed by atoms with van der Waals surface area (Å²) in [7, 11) is 1.86. The Morgan fingerprint density at radius 1 is 0.857 bits per heavy atom. The average molecular weight is 401 g/mol. The van der Waals surface area contributed by atoms with Crippen LogP contribution in [-0.2, 0) is 0 Å². The maximum atomic E-state index is 11.5. The van der Waals surface area contributed by atoms with E-state index in [1.165, 1.54) is 0 Å². The predicted octanol–water partition coefficient (Wildman–Crippen LogP) is 0.811. The van der Waals surface area contributed by atoms with Crippen molar-refractivity contribution in [3.05, 3.63) is 64.2 Å². The fraction of sp³-hybridized carbons (Fsp3) is 0.176. The second kappa shape index (κ2) is 9.02. The van der Waals surface area contributed by atoms with Crippen LogP contribution in [0.3, 0.4) is 0 Å². The summed E-state index contributed by atoms with van der Waals surface area (Å²) in [6, 6.07) is 14.0. The summed E-state index contributed by atoms with van der Waals surface area (Å²) in [5.74, 6) is 0.351. The monoisotopic (exact) mass is 400 g/mol. The lowest BCUT2D eigenvalue weighted by molar-refractivity contribution is -0.643. The van der Waals surface area contributed by atoms with Crippen LogP contribution in [0.1, 0.15) is 0 Å². The van der Waals surface area contributed by atoms with Gasteiger partial charge in [0.1, 0.15) is 11.0 Å². The second-order valence-electron chi connectivity index (χ2n) is 5.57. The van der Waals surface area contributed by atoms with Crippen LogP contribution in [0.4, 0.5) is 5.95 Å². The number of nitrogens with zero attached hydrogens (tertiary/aromatic N) is 6. The summed E-state index contributed by atoms with van der Waals surface area (Å²) >= 11 is 5.48. The summed E-state index contributed by atoms with van der Waals surface area (Å²) in [4.78, 5) is 9.16. The van der Waals surface area contributed by atoms with Crippen molar-refractivity contribution in [2.24, 2.45) is 0 Å². The lowest BCUT2D eigenvalue weighted by Gasteiger charge is -2.04. The quantitative estimate of drug-likeness (QED) is 0.292. The van der Waals surface area contributed by atoms with Gasteiger partial charge >= 0.3 is 0 Å². The van der Waals surface area contributed by atoms with Gasteiger partial charge in [-0.1, -0.05) is 24.3 Å². The minimum Gasteiger partial charge on any atom is -0.594 e. The fourth-order valence-corrected chi connectivity index (χ4v) is 2.50. The van der Waals surface area contributed by atoms with Gasteiger partial charge in [-0.3, -0.25) is 0 Å². The standard InChI is InChI=1S/C10H13N5O.C7H4ClN3O/c1-11-6-7-12-10-13-8-4-2-3-5-9(8)15(16)14-10;8-7-9-5-3-1-2-4-6(5)11(12)10-7/h2-5,11H,6-7H2,1H3,(H,12,13,14);1-4H. The van der Waals surface area contributed by atoms with E-state index in [0.717, 1.165) is 6.54 Å². The number of halogens is 1. The fourth-order valence-electron chi connectivity index (χ4n) is 2.34. The van der Waals surface area contributed by atoms with Gasteiger partial charge in [-0.25, -0.2) is 9.97 Å². The minimum absolute atomic E-state index is 0.0382. The molecule has 0 atom stereocenters. The zero-order chi connectivity index (χ0) is 19.9. The molecule has 0 aliphatic heterocycles. The van der Waals surface area contributed by atoms with E-state index < -0.39 is 0 Å². The number of nitrogens with one attached hydrogen (secondary N) is 2. The molecular formula is C17H17ClN8O2. The highest BCUT2D eigenvalue weighted by Crippen LogP contribution is 2.08. The second-order valence-corrected chi connectivity index (χ2v) is 5.91. The number of benzene rings is 2. The average Bonchev–Trinajstić information content (AvgIpc) is 2.69. The van der Waals surface area contributed by atoms with Gasteiger partial charge in [0.25, 0.3) is 22.3 Å². The molecule has 0 spiro atoms. The van der Waals surface area contributed by atoms with Crippen molar-refractivity contribution in [2.45, 2.75) is 0 Å². The summed E-state index contributed by atoms with van der Waals surface area (Å²) in [5.41, 5.74) is 2.08. The van der Waals surface area contributed by atoms with Gasteiger partial charge in [0, 0.05) is 30.3 Å². The number of hydrogen-bond acceptors (Lipinski definition) is 8. The third-order valence-corrected chi connectivity index (χ3v) is 3.79. The number of anilines is 1. The topological polar surface area (TPSA) is 130 Å². The molecule has 144 valence electrons. The molecule has 0 aliphatic rings. The van der Waals surface area contributed by atoms with Gasteiger partial charge in [-0.05, 0) is 40.5 Å². The molecule has 0 saturated heterocycles. The largest absolute Gasteiger partial charge is 0.594 e. The summed E-state index contributed by atoms with van der Waals surface area (Å²) in [6.07, 6.45) is 0. The van der Waals surface area contributed by atoms with Gasteiger partial charge < -0.3 is 21.0 Å². The van der Waals surface area contributed by atoms with Gasteiger partial charge in [0.05, 0.1) is 5.10 Å². The van der Waals surface area contributed by atoms with Crippen molar-refractivity contribution in [1.82, 2.24) is 25.5 Å². The predicted molar refractivity (Wildman–Crippen MR) is 104 cm³/mol. The molecule has 0 aliphatic carbocycles. The summed E-state index contributed by atoms with van der Waals surface area (Å²) in [6.45, 7) is 1.46. The Labute approximate surface area is 165 Å². The molecule has 2 heterocycles. The van der Waals surface area contributed by atoms with E-state index in [1.807, 2.05) is 13.1 Å². The number of likely N-dealkylation sites (N-methyl/N-ethyl adjacent to an activating group) is 1. The Bertz CT molecular complexity index is 1100. The molecule has 2 aromatic heterocycles. The smallest absolute Gasteiger partial charge is 0.290 e. The number of hydrogen-bond donors (Lipinski definition) is 2. The van der Waals surface area contributed by atoms with Crippen LogP contribution in [0.2, 0.25) is 5.28 Å². The van der Waals surface area contributed by atoms with E-state index in [0.29, 0.717) is 44.3 Å². The van der Waals surface area contributed by atoms with Crippen molar-refractivity contribution in [1.29, 1.82) is 0 Å². The summed E-state index contributed by atoms with van der Waals surface area (Å²) < 4.78 is 0. The van der Waals surface area contributed by atoms with Gasteiger partial charge in [-0.2, -0.15) is 0 Å². The zero-order valence-electron chi connectivity index (χ0n) is 14.9. The van der Waals surface area contributed by atoms with E-state index >= 15 is 0 Å². The number of para-hydroxylation sites is 4. The van der Waals surface area contributed by atoms with Crippen molar-refractivity contribution in [3.8, 4) is 0 Å². The number of rotatable bonds is 4. The molecule has 2 aromatic carbocycles. The van der Waals surface area contributed by atoms with E-state index in [-0.39, 0.29) is 5.28 Å². The van der Waals surface area contributed by atoms with Gasteiger partial charge in [0.2, 0.25) is 0 Å². The third kappa shape index (κ3) is 4.67. The molecule has 0 saturated carbocycles. The molecule has 4 aromatic rings. The Kier molecular flexibility index (Phi) is 6.25. The first-order chi connectivity index (χ1) is 13.6. The van der Waals surface area contributed by atoms with Crippen LogP contribution in [0.5, 0.6) is 0 Å². The van der Waals surface area contributed by atoms with Crippen molar-refractivity contribution in [3.63, 3.8) is 0 Å². The van der Waals surface area contributed by atoms with E-state index in [9.17, 15) is 10.4 Å². The number of fused-ring (bicyclic) bond motifs is 2. The van der Waals surface area contributed by atoms with Crippen LogP contribution >= 0.6 is 11.6 Å². The highest BCUT2D eigenvalue weighted by atomic mass is 35.5. The molecule has 0 amide bonds. The van der Waals surface area contributed by atoms with Gasteiger partial charge in [-0.15, -0.1) is 0 Å². The summed E-state index contributed by atoms with van der Waals surface area (Å²) in [5, 5.41) is 35.7. The Morgan fingerprint density at radius 3 is 2.07 bits per heavy atom. The highest BCUT2D eigenvalue weighted by Gasteiger charge is 2.09. The first-order valence-corrected chi connectivity index (χ1v) is 8.73.